The van der Waals surface area contributed by atoms with Crippen molar-refractivity contribution < 1.29 is 19.1 Å². The summed E-state index contributed by atoms with van der Waals surface area (Å²) in [5.41, 5.74) is 0.845. The first-order valence-corrected chi connectivity index (χ1v) is 6.59. The average Bonchev–Trinajstić information content (AvgIpc) is 2.50. The second-order valence-electron chi connectivity index (χ2n) is 4.16. The largest absolute Gasteiger partial charge is 0.452 e. The second-order valence-corrected chi connectivity index (χ2v) is 4.16. The number of hydrogen-bond donors (Lipinski definition) is 2. The molecule has 0 aromatic heterocycles. The van der Waals surface area contributed by atoms with Gasteiger partial charge in [-0.1, -0.05) is 37.3 Å². The normalized spacial score (nSPS) is 10.1. The van der Waals surface area contributed by atoms with Crippen LogP contribution in [0.15, 0.2) is 36.4 Å². The predicted octanol–water partition coefficient (Wildman–Crippen LogP) is 1.48. The van der Waals surface area contributed by atoms with E-state index in [0.29, 0.717) is 6.54 Å². The average molecular weight is 290 g/mol. The highest BCUT2D eigenvalue weighted by Crippen LogP contribution is 2.00. The molecule has 0 bridgehead atoms. The summed E-state index contributed by atoms with van der Waals surface area (Å²) in [6, 6.07) is 8.60. The number of esters is 1. The summed E-state index contributed by atoms with van der Waals surface area (Å²) < 4.78 is 4.71. The van der Waals surface area contributed by atoms with Crippen LogP contribution in [0.1, 0.15) is 18.9 Å². The molecule has 3 amide bonds. The van der Waals surface area contributed by atoms with Crippen molar-refractivity contribution in [1.29, 1.82) is 0 Å². The number of ether oxygens (including phenoxy) is 1. The fraction of sp³-hybridized carbons (Fsp3) is 0.267. The Kier molecular flexibility index (Phi) is 7.28. The van der Waals surface area contributed by atoms with E-state index < -0.39 is 24.5 Å². The van der Waals surface area contributed by atoms with Gasteiger partial charge in [-0.15, -0.1) is 0 Å². The Labute approximate surface area is 123 Å². The molecule has 0 saturated carbocycles. The number of imide groups is 1. The van der Waals surface area contributed by atoms with E-state index in [1.54, 1.807) is 6.08 Å². The molecule has 1 aromatic carbocycles. The molecule has 0 fully saturated rings. The third kappa shape index (κ3) is 7.51. The summed E-state index contributed by atoms with van der Waals surface area (Å²) in [5.74, 6) is -1.33. The molecule has 0 atom stereocenters. The van der Waals surface area contributed by atoms with Gasteiger partial charge in [0.15, 0.2) is 6.61 Å². The standard InChI is InChI=1S/C15H18N2O4/c1-2-10-16-15(20)17-13(18)11-21-14(19)9-8-12-6-4-3-5-7-12/h3-9H,2,10-11H2,1H3,(H2,16,17,18,20). The fourth-order valence-corrected chi connectivity index (χ4v) is 1.36. The number of nitrogens with one attached hydrogen (secondary N) is 2. The molecule has 6 nitrogen and oxygen atoms in total. The zero-order chi connectivity index (χ0) is 15.5. The van der Waals surface area contributed by atoms with E-state index in [1.165, 1.54) is 6.08 Å². The molecule has 0 unspecified atom stereocenters. The predicted molar refractivity (Wildman–Crippen MR) is 78.3 cm³/mol. The van der Waals surface area contributed by atoms with Gasteiger partial charge in [0, 0.05) is 12.6 Å². The van der Waals surface area contributed by atoms with Crippen LogP contribution in [0.5, 0.6) is 0 Å². The molecule has 2 N–H and O–H groups in total. The molecule has 1 rings (SSSR count). The van der Waals surface area contributed by atoms with Crippen molar-refractivity contribution in [3.05, 3.63) is 42.0 Å². The minimum absolute atomic E-state index is 0.471. The highest BCUT2D eigenvalue weighted by atomic mass is 16.5. The monoisotopic (exact) mass is 290 g/mol. The highest BCUT2D eigenvalue weighted by molar-refractivity contribution is 5.96. The van der Waals surface area contributed by atoms with E-state index in [4.69, 9.17) is 4.74 Å². The van der Waals surface area contributed by atoms with Gasteiger partial charge in [-0.25, -0.2) is 9.59 Å². The van der Waals surface area contributed by atoms with Crippen molar-refractivity contribution in [3.63, 3.8) is 0 Å². The van der Waals surface area contributed by atoms with E-state index in [-0.39, 0.29) is 0 Å². The lowest BCUT2D eigenvalue weighted by molar-refractivity contribution is -0.143. The van der Waals surface area contributed by atoms with Crippen molar-refractivity contribution in [2.45, 2.75) is 13.3 Å². The number of carbonyl (C=O) groups excluding carboxylic acids is 3. The first-order valence-electron chi connectivity index (χ1n) is 6.59. The summed E-state index contributed by atoms with van der Waals surface area (Å²) in [6.45, 7) is 1.86. The molecule has 0 aliphatic rings. The van der Waals surface area contributed by atoms with Crippen molar-refractivity contribution in [3.8, 4) is 0 Å². The summed E-state index contributed by atoms with van der Waals surface area (Å²) in [4.78, 5) is 33.9. The zero-order valence-electron chi connectivity index (χ0n) is 11.8. The molecule has 0 spiro atoms. The Balaban J connectivity index is 2.28. The Morgan fingerprint density at radius 2 is 1.90 bits per heavy atom. The van der Waals surface area contributed by atoms with Crippen molar-refractivity contribution in [2.75, 3.05) is 13.2 Å². The van der Waals surface area contributed by atoms with Crippen LogP contribution in [0.4, 0.5) is 4.79 Å². The van der Waals surface area contributed by atoms with Crippen LogP contribution in [-0.2, 0) is 14.3 Å². The second kappa shape index (κ2) is 9.30. The van der Waals surface area contributed by atoms with Crippen LogP contribution in [-0.4, -0.2) is 31.1 Å². The lowest BCUT2D eigenvalue weighted by Crippen LogP contribution is -2.41. The summed E-state index contributed by atoms with van der Waals surface area (Å²) in [5, 5.41) is 4.53. The molecule has 0 aliphatic heterocycles. The van der Waals surface area contributed by atoms with Gasteiger partial charge in [-0.05, 0) is 18.1 Å². The van der Waals surface area contributed by atoms with Gasteiger partial charge < -0.3 is 10.1 Å². The van der Waals surface area contributed by atoms with Gasteiger partial charge in [0.25, 0.3) is 5.91 Å². The molecular formula is C15H18N2O4. The summed E-state index contributed by atoms with van der Waals surface area (Å²) >= 11 is 0. The van der Waals surface area contributed by atoms with Crippen LogP contribution in [0, 0.1) is 0 Å². The van der Waals surface area contributed by atoms with Gasteiger partial charge in [-0.3, -0.25) is 10.1 Å². The molecule has 112 valence electrons. The lowest BCUT2D eigenvalue weighted by Gasteiger charge is -2.05. The van der Waals surface area contributed by atoms with Gasteiger partial charge in [0.2, 0.25) is 0 Å². The Hall–Kier alpha value is -2.63. The SMILES string of the molecule is CCCNC(=O)NC(=O)COC(=O)C=Cc1ccccc1. The van der Waals surface area contributed by atoms with Crippen molar-refractivity contribution in [1.82, 2.24) is 10.6 Å². The molecule has 6 heteroatoms. The molecule has 0 saturated heterocycles. The number of urea groups is 1. The maximum absolute atomic E-state index is 11.4. The molecule has 0 aliphatic carbocycles. The van der Waals surface area contributed by atoms with Crippen molar-refractivity contribution >= 4 is 24.0 Å². The first kappa shape index (κ1) is 16.4. The van der Waals surface area contributed by atoms with E-state index in [1.807, 2.05) is 37.3 Å². The first-order chi connectivity index (χ1) is 10.1. The van der Waals surface area contributed by atoms with E-state index >= 15 is 0 Å². The Morgan fingerprint density at radius 3 is 2.57 bits per heavy atom. The fourth-order valence-electron chi connectivity index (χ4n) is 1.36. The van der Waals surface area contributed by atoms with Crippen LogP contribution < -0.4 is 10.6 Å². The molecular weight excluding hydrogens is 272 g/mol. The minimum atomic E-state index is -0.676. The third-order valence-corrected chi connectivity index (χ3v) is 2.35. The lowest BCUT2D eigenvalue weighted by atomic mass is 10.2. The van der Waals surface area contributed by atoms with Crippen LogP contribution in [0.2, 0.25) is 0 Å². The van der Waals surface area contributed by atoms with E-state index in [0.717, 1.165) is 12.0 Å². The quantitative estimate of drug-likeness (QED) is 0.614. The maximum Gasteiger partial charge on any atom is 0.331 e. The van der Waals surface area contributed by atoms with Crippen LogP contribution in [0.3, 0.4) is 0 Å². The third-order valence-electron chi connectivity index (χ3n) is 2.35. The summed E-state index contributed by atoms with van der Waals surface area (Å²) in [6.07, 6.45) is 3.56. The Bertz CT molecular complexity index is 512. The zero-order valence-corrected chi connectivity index (χ0v) is 11.8. The topological polar surface area (TPSA) is 84.5 Å². The van der Waals surface area contributed by atoms with Crippen LogP contribution >= 0.6 is 0 Å². The number of benzene rings is 1. The number of hydrogen-bond acceptors (Lipinski definition) is 4. The summed E-state index contributed by atoms with van der Waals surface area (Å²) in [7, 11) is 0. The van der Waals surface area contributed by atoms with Crippen molar-refractivity contribution in [2.24, 2.45) is 0 Å². The number of rotatable bonds is 6. The molecule has 1 aromatic rings. The van der Waals surface area contributed by atoms with Gasteiger partial charge >= 0.3 is 12.0 Å². The van der Waals surface area contributed by atoms with Crippen LogP contribution in [0.25, 0.3) is 6.08 Å². The van der Waals surface area contributed by atoms with Gasteiger partial charge in [0.1, 0.15) is 0 Å². The Morgan fingerprint density at radius 1 is 1.19 bits per heavy atom. The molecule has 0 heterocycles. The van der Waals surface area contributed by atoms with Gasteiger partial charge in [-0.2, -0.15) is 0 Å². The van der Waals surface area contributed by atoms with E-state index in [2.05, 4.69) is 10.6 Å². The van der Waals surface area contributed by atoms with Gasteiger partial charge in [0.05, 0.1) is 0 Å². The number of amides is 3. The highest BCUT2D eigenvalue weighted by Gasteiger charge is 2.08. The smallest absolute Gasteiger partial charge is 0.331 e. The van der Waals surface area contributed by atoms with E-state index in [9.17, 15) is 14.4 Å². The minimum Gasteiger partial charge on any atom is -0.452 e. The number of carbonyl (C=O) groups is 3. The maximum atomic E-state index is 11.4. The molecule has 0 radical (unpaired) electrons. The molecule has 21 heavy (non-hydrogen) atoms.